The molecule has 0 aliphatic carbocycles. The van der Waals surface area contributed by atoms with Gasteiger partial charge in [0, 0.05) is 38.3 Å². The Hall–Kier alpha value is -2.67. The number of benzene rings is 1. The van der Waals surface area contributed by atoms with E-state index in [-0.39, 0.29) is 0 Å². The number of hydrogen-bond donors (Lipinski definition) is 0. The summed E-state index contributed by atoms with van der Waals surface area (Å²) in [7, 11) is 4.18. The lowest BCUT2D eigenvalue weighted by atomic mass is 9.85. The minimum absolute atomic E-state index is 0.304. The third kappa shape index (κ3) is 12.4. The van der Waals surface area contributed by atoms with E-state index < -0.39 is 0 Å². The normalized spacial score (nSPS) is 13.5. The number of amides is 1. The fraction of sp³-hybridized carbons (Fsp3) is 0.656. The van der Waals surface area contributed by atoms with Gasteiger partial charge in [-0.25, -0.2) is 9.97 Å². The minimum Gasteiger partial charge on any atom is -0.454 e. The van der Waals surface area contributed by atoms with Crippen LogP contribution in [0, 0.1) is 5.92 Å². The Balaban J connectivity index is 0.000000295. The van der Waals surface area contributed by atoms with Crippen molar-refractivity contribution >= 4 is 5.91 Å². The summed E-state index contributed by atoms with van der Waals surface area (Å²) in [5.74, 6) is 4.17. The molecule has 1 aromatic carbocycles. The molecule has 0 bridgehead atoms. The lowest BCUT2D eigenvalue weighted by molar-refractivity contribution is -0.131. The number of rotatable bonds is 16. The molecule has 1 amide bonds. The zero-order valence-electron chi connectivity index (χ0n) is 25.3. The van der Waals surface area contributed by atoms with E-state index in [2.05, 4.69) is 61.9 Å². The number of unbranched alkanes of at least 4 members (excludes halogenated alkanes) is 2. The van der Waals surface area contributed by atoms with Gasteiger partial charge in [0.05, 0.1) is 0 Å². The van der Waals surface area contributed by atoms with Gasteiger partial charge in [-0.15, -0.1) is 0 Å². The maximum atomic E-state index is 11.7. The summed E-state index contributed by atoms with van der Waals surface area (Å²) in [5, 5.41) is 0. The van der Waals surface area contributed by atoms with E-state index in [9.17, 15) is 4.79 Å². The van der Waals surface area contributed by atoms with Gasteiger partial charge in [-0.3, -0.25) is 4.79 Å². The molecule has 2 atom stereocenters. The molecule has 7 nitrogen and oxygen atoms in total. The molecular formula is C32H52N4O3. The highest BCUT2D eigenvalue weighted by Gasteiger charge is 2.19. The van der Waals surface area contributed by atoms with Crippen molar-refractivity contribution < 1.29 is 14.3 Å². The summed E-state index contributed by atoms with van der Waals surface area (Å²) < 4.78 is 10.9. The Bertz CT molecular complexity index is 938. The van der Waals surface area contributed by atoms with Crippen LogP contribution >= 0.6 is 0 Å². The smallest absolute Gasteiger partial charge is 0.231 e. The molecule has 0 radical (unpaired) electrons. The van der Waals surface area contributed by atoms with Crippen molar-refractivity contribution in [1.29, 1.82) is 0 Å². The molecule has 1 aliphatic heterocycles. The molecule has 0 saturated heterocycles. The first-order valence-electron chi connectivity index (χ1n) is 15.0. The van der Waals surface area contributed by atoms with E-state index in [1.54, 1.807) is 0 Å². The van der Waals surface area contributed by atoms with Crippen molar-refractivity contribution in [3.8, 4) is 11.5 Å². The second-order valence-electron chi connectivity index (χ2n) is 10.9. The van der Waals surface area contributed by atoms with E-state index in [0.29, 0.717) is 31.0 Å². The van der Waals surface area contributed by atoms with E-state index in [0.717, 1.165) is 75.5 Å². The van der Waals surface area contributed by atoms with E-state index >= 15 is 0 Å². The lowest BCUT2D eigenvalue weighted by Gasteiger charge is -2.22. The molecule has 218 valence electrons. The van der Waals surface area contributed by atoms with Crippen molar-refractivity contribution in [3.63, 3.8) is 0 Å². The third-order valence-corrected chi connectivity index (χ3v) is 7.25. The average molecular weight is 541 g/mol. The van der Waals surface area contributed by atoms with Gasteiger partial charge in [0.15, 0.2) is 11.5 Å². The van der Waals surface area contributed by atoms with Gasteiger partial charge in [-0.1, -0.05) is 40.2 Å². The quantitative estimate of drug-likeness (QED) is 0.220. The molecule has 0 fully saturated rings. The number of carbonyl (C=O) groups is 1. The maximum absolute atomic E-state index is 11.7. The molecule has 0 saturated carbocycles. The number of fused-ring (bicyclic) bond motifs is 1. The van der Waals surface area contributed by atoms with Crippen LogP contribution in [0.4, 0.5) is 0 Å². The second kappa shape index (κ2) is 18.6. The Morgan fingerprint density at radius 2 is 1.67 bits per heavy atom. The van der Waals surface area contributed by atoms with E-state index in [1.165, 1.54) is 18.4 Å². The van der Waals surface area contributed by atoms with Crippen LogP contribution in [0.3, 0.4) is 0 Å². The van der Waals surface area contributed by atoms with E-state index in [4.69, 9.17) is 9.47 Å². The summed E-state index contributed by atoms with van der Waals surface area (Å²) in [6.07, 6.45) is 13.2. The summed E-state index contributed by atoms with van der Waals surface area (Å²) >= 11 is 0. The van der Waals surface area contributed by atoms with E-state index in [1.807, 2.05) is 36.4 Å². The molecule has 2 aromatic rings. The molecule has 1 aliphatic rings. The number of aryl methyl sites for hydroxylation is 1. The average Bonchev–Trinajstić information content (AvgIpc) is 3.43. The number of nitrogens with zero attached hydrogens (tertiary/aromatic N) is 4. The first kappa shape index (κ1) is 32.5. The van der Waals surface area contributed by atoms with Gasteiger partial charge in [-0.05, 0) is 94.8 Å². The largest absolute Gasteiger partial charge is 0.454 e. The highest BCUT2D eigenvalue weighted by molar-refractivity contribution is 5.75. The monoisotopic (exact) mass is 540 g/mol. The molecule has 3 rings (SSSR count). The maximum Gasteiger partial charge on any atom is 0.231 e. The number of carbonyl (C=O) groups excluding carboxylic acids is 1. The molecule has 7 heteroatoms. The predicted molar refractivity (Wildman–Crippen MR) is 159 cm³/mol. The molecule has 1 aromatic heterocycles. The summed E-state index contributed by atoms with van der Waals surface area (Å²) in [5.41, 5.74) is 1.35. The van der Waals surface area contributed by atoms with Crippen molar-refractivity contribution in [1.82, 2.24) is 19.8 Å². The zero-order valence-corrected chi connectivity index (χ0v) is 25.3. The van der Waals surface area contributed by atoms with Gasteiger partial charge in [-0.2, -0.15) is 0 Å². The highest BCUT2D eigenvalue weighted by atomic mass is 16.7. The van der Waals surface area contributed by atoms with Crippen LogP contribution in [0.1, 0.15) is 96.4 Å². The molecule has 39 heavy (non-hydrogen) atoms. The van der Waals surface area contributed by atoms with Crippen LogP contribution in [0.25, 0.3) is 0 Å². The van der Waals surface area contributed by atoms with Gasteiger partial charge in [0.2, 0.25) is 12.7 Å². The number of aromatic nitrogens is 2. The fourth-order valence-corrected chi connectivity index (χ4v) is 4.81. The minimum atomic E-state index is 0.304. The fourth-order valence-electron chi connectivity index (χ4n) is 4.81. The van der Waals surface area contributed by atoms with Crippen molar-refractivity contribution in [2.45, 2.75) is 91.4 Å². The summed E-state index contributed by atoms with van der Waals surface area (Å²) in [6, 6.07) is 8.21. The van der Waals surface area contributed by atoms with Gasteiger partial charge in [0.1, 0.15) is 5.82 Å². The Kier molecular flexibility index (Phi) is 15.5. The van der Waals surface area contributed by atoms with Crippen LogP contribution in [0.2, 0.25) is 0 Å². The molecule has 2 unspecified atom stereocenters. The first-order valence-corrected chi connectivity index (χ1v) is 15.0. The van der Waals surface area contributed by atoms with Gasteiger partial charge < -0.3 is 19.3 Å². The molecule has 0 N–H and O–H groups in total. The van der Waals surface area contributed by atoms with Crippen LogP contribution in [-0.2, 0) is 11.2 Å². The number of ether oxygens (including phenoxy) is 2. The highest BCUT2D eigenvalue weighted by Crippen LogP contribution is 2.37. The van der Waals surface area contributed by atoms with Crippen LogP contribution < -0.4 is 9.47 Å². The van der Waals surface area contributed by atoms with Crippen LogP contribution in [0.5, 0.6) is 11.5 Å². The predicted octanol–water partition coefficient (Wildman–Crippen LogP) is 6.72. The Morgan fingerprint density at radius 1 is 0.974 bits per heavy atom. The Labute approximate surface area is 237 Å². The van der Waals surface area contributed by atoms with Gasteiger partial charge >= 0.3 is 0 Å². The number of hydrogen-bond acceptors (Lipinski definition) is 6. The Morgan fingerprint density at radius 3 is 2.33 bits per heavy atom. The summed E-state index contributed by atoms with van der Waals surface area (Å²) in [4.78, 5) is 24.5. The standard InChI is InChI=1S/C19H24N2O2.C13H28N2O/c1-3-15(16-6-7-17-18(12-16)23-13-22-17)11-14(2)5-8-19-20-9-4-10-21-19;1-5-7-11-15(13(16)6-2)12-9-8-10-14(3)4/h4,6-7,9-10,12,14-15H,3,5,8,11,13H2,1-2H3;5-12H2,1-4H3. The third-order valence-electron chi connectivity index (χ3n) is 7.25. The van der Waals surface area contributed by atoms with Crippen molar-refractivity contribution in [3.05, 3.63) is 48.0 Å². The zero-order chi connectivity index (χ0) is 28.5. The lowest BCUT2D eigenvalue weighted by Crippen LogP contribution is -2.32. The summed E-state index contributed by atoms with van der Waals surface area (Å²) in [6.45, 7) is 12.0. The first-order chi connectivity index (χ1) is 18.9. The second-order valence-corrected chi connectivity index (χ2v) is 10.9. The topological polar surface area (TPSA) is 67.8 Å². The molecule has 2 heterocycles. The van der Waals surface area contributed by atoms with Crippen molar-refractivity contribution in [2.24, 2.45) is 5.92 Å². The SMILES string of the molecule is CCC(CC(C)CCc1ncccn1)c1ccc2c(c1)OCO2.CCCCN(CCCCN(C)C)C(=O)CC. The van der Waals surface area contributed by atoms with Crippen LogP contribution in [0.15, 0.2) is 36.7 Å². The molecular weight excluding hydrogens is 488 g/mol. The van der Waals surface area contributed by atoms with Gasteiger partial charge in [0.25, 0.3) is 0 Å². The molecule has 0 spiro atoms. The van der Waals surface area contributed by atoms with Crippen molar-refractivity contribution in [2.75, 3.05) is 40.5 Å². The van der Waals surface area contributed by atoms with Crippen LogP contribution in [-0.4, -0.2) is 66.2 Å².